The fraction of sp³-hybridized carbons (Fsp3) is 1.00. The van der Waals surface area contributed by atoms with E-state index >= 15 is 0 Å². The van der Waals surface area contributed by atoms with Crippen LogP contribution in [0, 0.1) is 5.41 Å². The van der Waals surface area contributed by atoms with Crippen molar-refractivity contribution in [1.29, 1.82) is 0 Å². The SMILES string of the molecule is CCCNC1CCC(N2CCCC(C)(C)C2)C1. The quantitative estimate of drug-likeness (QED) is 0.810. The number of likely N-dealkylation sites (tertiary alicyclic amines) is 1. The van der Waals surface area contributed by atoms with Crippen LogP contribution in [0.15, 0.2) is 0 Å². The summed E-state index contributed by atoms with van der Waals surface area (Å²) < 4.78 is 0. The molecule has 0 amide bonds. The van der Waals surface area contributed by atoms with E-state index in [9.17, 15) is 0 Å². The lowest BCUT2D eigenvalue weighted by Crippen LogP contribution is -2.45. The summed E-state index contributed by atoms with van der Waals surface area (Å²) in [6, 6.07) is 1.66. The third kappa shape index (κ3) is 3.69. The Bertz CT molecular complexity index is 237. The molecule has 1 aliphatic carbocycles. The van der Waals surface area contributed by atoms with Crippen LogP contribution in [0.25, 0.3) is 0 Å². The van der Waals surface area contributed by atoms with Gasteiger partial charge in [-0.25, -0.2) is 0 Å². The number of rotatable bonds is 4. The second-order valence-electron chi connectivity index (χ2n) is 6.86. The summed E-state index contributed by atoms with van der Waals surface area (Å²) in [4.78, 5) is 2.77. The Morgan fingerprint density at radius 2 is 2.12 bits per heavy atom. The third-order valence-electron chi connectivity index (χ3n) is 4.53. The number of hydrogen-bond donors (Lipinski definition) is 1. The molecule has 0 aromatic carbocycles. The molecule has 0 aromatic heterocycles. The highest BCUT2D eigenvalue weighted by Crippen LogP contribution is 2.33. The van der Waals surface area contributed by atoms with Crippen molar-refractivity contribution in [3.05, 3.63) is 0 Å². The lowest BCUT2D eigenvalue weighted by Gasteiger charge is -2.41. The van der Waals surface area contributed by atoms with Gasteiger partial charge in [0.25, 0.3) is 0 Å². The minimum Gasteiger partial charge on any atom is -0.314 e. The lowest BCUT2D eigenvalue weighted by molar-refractivity contribution is 0.0793. The summed E-state index contributed by atoms with van der Waals surface area (Å²) in [7, 11) is 0. The summed E-state index contributed by atoms with van der Waals surface area (Å²) in [6.45, 7) is 11.0. The molecular formula is C15H30N2. The van der Waals surface area contributed by atoms with Crippen molar-refractivity contribution in [3.8, 4) is 0 Å². The first-order chi connectivity index (χ1) is 8.11. The summed E-state index contributed by atoms with van der Waals surface area (Å²) >= 11 is 0. The van der Waals surface area contributed by atoms with Gasteiger partial charge in [-0.05, 0) is 57.0 Å². The van der Waals surface area contributed by atoms with E-state index < -0.39 is 0 Å². The second-order valence-corrected chi connectivity index (χ2v) is 6.86. The third-order valence-corrected chi connectivity index (χ3v) is 4.53. The van der Waals surface area contributed by atoms with Crippen LogP contribution < -0.4 is 5.32 Å². The average Bonchev–Trinajstić information content (AvgIpc) is 2.73. The normalized spacial score (nSPS) is 34.1. The van der Waals surface area contributed by atoms with Crippen molar-refractivity contribution in [2.45, 2.75) is 71.4 Å². The minimum atomic E-state index is 0.549. The van der Waals surface area contributed by atoms with Gasteiger partial charge in [0.05, 0.1) is 0 Å². The monoisotopic (exact) mass is 238 g/mol. The van der Waals surface area contributed by atoms with Gasteiger partial charge in [0.2, 0.25) is 0 Å². The Hall–Kier alpha value is -0.0800. The van der Waals surface area contributed by atoms with Crippen molar-refractivity contribution in [1.82, 2.24) is 10.2 Å². The highest BCUT2D eigenvalue weighted by molar-refractivity contribution is 4.90. The van der Waals surface area contributed by atoms with E-state index in [1.54, 1.807) is 0 Å². The van der Waals surface area contributed by atoms with E-state index in [0.717, 1.165) is 12.1 Å². The van der Waals surface area contributed by atoms with Crippen LogP contribution in [0.1, 0.15) is 59.3 Å². The van der Waals surface area contributed by atoms with E-state index in [-0.39, 0.29) is 0 Å². The highest BCUT2D eigenvalue weighted by atomic mass is 15.2. The molecule has 2 rings (SSSR count). The zero-order valence-corrected chi connectivity index (χ0v) is 12.0. The average molecular weight is 238 g/mol. The molecule has 0 bridgehead atoms. The van der Waals surface area contributed by atoms with E-state index in [1.165, 1.54) is 58.2 Å². The van der Waals surface area contributed by atoms with Gasteiger partial charge in [-0.15, -0.1) is 0 Å². The van der Waals surface area contributed by atoms with Crippen LogP contribution in [0.5, 0.6) is 0 Å². The van der Waals surface area contributed by atoms with E-state index in [0.29, 0.717) is 5.41 Å². The Balaban J connectivity index is 1.79. The topological polar surface area (TPSA) is 15.3 Å². The molecule has 2 aliphatic rings. The van der Waals surface area contributed by atoms with Crippen molar-refractivity contribution in [2.24, 2.45) is 5.41 Å². The molecule has 0 aromatic rings. The van der Waals surface area contributed by atoms with Gasteiger partial charge >= 0.3 is 0 Å². The maximum absolute atomic E-state index is 3.69. The van der Waals surface area contributed by atoms with Crippen molar-refractivity contribution >= 4 is 0 Å². The molecule has 1 N–H and O–H groups in total. The molecule has 2 unspecified atom stereocenters. The molecule has 1 saturated carbocycles. The van der Waals surface area contributed by atoms with Gasteiger partial charge in [0, 0.05) is 18.6 Å². The summed E-state index contributed by atoms with van der Waals surface area (Å²) in [5.74, 6) is 0. The lowest BCUT2D eigenvalue weighted by atomic mass is 9.83. The predicted molar refractivity (Wildman–Crippen MR) is 74.3 cm³/mol. The number of nitrogens with zero attached hydrogens (tertiary/aromatic N) is 1. The van der Waals surface area contributed by atoms with Gasteiger partial charge in [-0.1, -0.05) is 20.8 Å². The van der Waals surface area contributed by atoms with Crippen molar-refractivity contribution in [3.63, 3.8) is 0 Å². The van der Waals surface area contributed by atoms with E-state index in [1.807, 2.05) is 0 Å². The minimum absolute atomic E-state index is 0.549. The molecule has 2 heteroatoms. The smallest absolute Gasteiger partial charge is 0.0111 e. The Labute approximate surface area is 107 Å². The number of hydrogen-bond acceptors (Lipinski definition) is 2. The first-order valence-corrected chi connectivity index (χ1v) is 7.58. The Morgan fingerprint density at radius 3 is 2.82 bits per heavy atom. The zero-order chi connectivity index (χ0) is 12.3. The number of nitrogens with one attached hydrogen (secondary N) is 1. The van der Waals surface area contributed by atoms with E-state index in [2.05, 4.69) is 31.0 Å². The van der Waals surface area contributed by atoms with Crippen LogP contribution in [0.3, 0.4) is 0 Å². The van der Waals surface area contributed by atoms with Gasteiger partial charge < -0.3 is 5.32 Å². The largest absolute Gasteiger partial charge is 0.314 e. The molecule has 0 radical (unpaired) electrons. The van der Waals surface area contributed by atoms with Gasteiger partial charge in [0.15, 0.2) is 0 Å². The van der Waals surface area contributed by atoms with Gasteiger partial charge in [-0.3, -0.25) is 4.90 Å². The molecule has 100 valence electrons. The molecular weight excluding hydrogens is 208 g/mol. The zero-order valence-electron chi connectivity index (χ0n) is 12.0. The summed E-state index contributed by atoms with van der Waals surface area (Å²) in [5, 5.41) is 3.69. The van der Waals surface area contributed by atoms with Crippen molar-refractivity contribution < 1.29 is 0 Å². The van der Waals surface area contributed by atoms with Gasteiger partial charge in [0.1, 0.15) is 0 Å². The molecule has 17 heavy (non-hydrogen) atoms. The maximum atomic E-state index is 3.69. The first-order valence-electron chi connectivity index (χ1n) is 7.58. The number of piperidine rings is 1. The fourth-order valence-electron chi connectivity index (χ4n) is 3.60. The molecule has 2 atom stereocenters. The van der Waals surface area contributed by atoms with E-state index in [4.69, 9.17) is 0 Å². The fourth-order valence-corrected chi connectivity index (χ4v) is 3.60. The molecule has 0 spiro atoms. The maximum Gasteiger partial charge on any atom is 0.0111 e. The summed E-state index contributed by atoms with van der Waals surface area (Å²) in [6.07, 6.45) is 8.26. The first kappa shape index (κ1) is 13.4. The second kappa shape index (κ2) is 5.71. The Kier molecular flexibility index (Phi) is 4.48. The van der Waals surface area contributed by atoms with Crippen LogP contribution in [0.4, 0.5) is 0 Å². The molecule has 1 heterocycles. The Morgan fingerprint density at radius 1 is 1.29 bits per heavy atom. The van der Waals surface area contributed by atoms with Crippen LogP contribution >= 0.6 is 0 Å². The molecule has 2 nitrogen and oxygen atoms in total. The molecule has 2 fully saturated rings. The van der Waals surface area contributed by atoms with Crippen LogP contribution in [-0.2, 0) is 0 Å². The van der Waals surface area contributed by atoms with Crippen LogP contribution in [-0.4, -0.2) is 36.6 Å². The molecule has 1 aliphatic heterocycles. The van der Waals surface area contributed by atoms with Crippen LogP contribution in [0.2, 0.25) is 0 Å². The van der Waals surface area contributed by atoms with Crippen molar-refractivity contribution in [2.75, 3.05) is 19.6 Å². The standard InChI is InChI=1S/C15H30N2/c1-4-9-16-13-6-7-14(11-13)17-10-5-8-15(2,3)12-17/h13-14,16H,4-12H2,1-3H3. The highest BCUT2D eigenvalue weighted by Gasteiger charge is 2.34. The predicted octanol–water partition coefficient (Wildman–Crippen LogP) is 3.03. The van der Waals surface area contributed by atoms with Gasteiger partial charge in [-0.2, -0.15) is 0 Å². The summed E-state index contributed by atoms with van der Waals surface area (Å²) in [5.41, 5.74) is 0.549. The molecule has 1 saturated heterocycles.